The molecule has 0 aromatic heterocycles. The van der Waals surface area contributed by atoms with E-state index >= 15 is 0 Å². The minimum Gasteiger partial charge on any atom is -0.392 e. The summed E-state index contributed by atoms with van der Waals surface area (Å²) in [6.07, 6.45) is 18.3. The molecule has 32 heavy (non-hydrogen) atoms. The predicted octanol–water partition coefficient (Wildman–Crippen LogP) is 8.50. The molecule has 0 amide bonds. The Morgan fingerprint density at radius 1 is 0.938 bits per heavy atom. The van der Waals surface area contributed by atoms with Crippen LogP contribution in [0, 0.1) is 45.8 Å². The van der Waals surface area contributed by atoms with Crippen LogP contribution in [0.5, 0.6) is 0 Å². The first-order valence-electron chi connectivity index (χ1n) is 13.7. The van der Waals surface area contributed by atoms with Crippen molar-refractivity contribution in [2.24, 2.45) is 45.8 Å². The fourth-order valence-corrected chi connectivity index (χ4v) is 8.92. The third-order valence-electron chi connectivity index (χ3n) is 11.8. The van der Waals surface area contributed by atoms with Crippen molar-refractivity contribution in [2.75, 3.05) is 6.61 Å². The van der Waals surface area contributed by atoms with Crippen molar-refractivity contribution in [2.45, 2.75) is 106 Å². The van der Waals surface area contributed by atoms with Crippen LogP contribution in [0.3, 0.4) is 0 Å². The second-order valence-electron chi connectivity index (χ2n) is 12.9. The Balaban J connectivity index is 0.000000153. The molecule has 0 aromatic carbocycles. The lowest BCUT2D eigenvalue weighted by Gasteiger charge is -2.36. The molecule has 6 saturated carbocycles. The van der Waals surface area contributed by atoms with Crippen LogP contribution >= 0.6 is 0 Å². The van der Waals surface area contributed by atoms with E-state index < -0.39 is 0 Å². The molecular formula is C31H50O. The van der Waals surface area contributed by atoms with Gasteiger partial charge in [-0.25, -0.2) is 0 Å². The Kier molecular flexibility index (Phi) is 6.65. The molecule has 6 rings (SSSR count). The van der Waals surface area contributed by atoms with Gasteiger partial charge in [-0.05, 0) is 124 Å². The number of hydrogen-bond donors (Lipinski definition) is 1. The zero-order valence-corrected chi connectivity index (χ0v) is 22.0. The minimum atomic E-state index is 0.225. The summed E-state index contributed by atoms with van der Waals surface area (Å²) >= 11 is 0. The molecule has 1 heteroatoms. The van der Waals surface area contributed by atoms with Crippen molar-refractivity contribution in [3.8, 4) is 0 Å². The summed E-state index contributed by atoms with van der Waals surface area (Å²) in [5, 5.41) is 8.99. The van der Waals surface area contributed by atoms with Crippen molar-refractivity contribution >= 4 is 0 Å². The molecule has 3 unspecified atom stereocenters. The summed E-state index contributed by atoms with van der Waals surface area (Å²) in [5.74, 6) is 4.97. The molecular weight excluding hydrogens is 388 g/mol. The van der Waals surface area contributed by atoms with Crippen LogP contribution in [-0.2, 0) is 0 Å². The molecule has 0 aliphatic heterocycles. The Labute approximate surface area is 198 Å². The largest absolute Gasteiger partial charge is 0.392 e. The van der Waals surface area contributed by atoms with Crippen molar-refractivity contribution in [1.82, 2.24) is 0 Å². The Morgan fingerprint density at radius 2 is 1.56 bits per heavy atom. The molecule has 0 spiro atoms. The highest BCUT2D eigenvalue weighted by molar-refractivity contribution is 5.29. The van der Waals surface area contributed by atoms with Crippen molar-refractivity contribution in [3.05, 3.63) is 35.5 Å². The minimum absolute atomic E-state index is 0.225. The van der Waals surface area contributed by atoms with Crippen molar-refractivity contribution < 1.29 is 5.11 Å². The van der Waals surface area contributed by atoms with Crippen LogP contribution in [0.15, 0.2) is 35.5 Å². The van der Waals surface area contributed by atoms with Gasteiger partial charge in [0.15, 0.2) is 0 Å². The first-order chi connectivity index (χ1) is 15.1. The standard InChI is InChI=1S/C16H26.C15H24O/c1-5-12(2)7-6-10-16(4)13(3)14-8-9-15(16)11-14;1-10(9-16)5-4-6-14(2)11-7-12-13(8-11)15(12,14)3/h7,14-15H,3,5-6,8-11H2,1-2,4H3;5,11-13,16H,4,6-9H2,1-3H3/b12-7-;10-5-/t14-,15+,16+;11?,12-,13?,14+,15?/m10/s1. The molecule has 1 N–H and O–H groups in total. The Morgan fingerprint density at radius 3 is 2.06 bits per heavy atom. The molecule has 8 atom stereocenters. The first kappa shape index (κ1) is 24.3. The number of fused-ring (bicyclic) bond motifs is 2. The molecule has 6 aliphatic rings. The van der Waals surface area contributed by atoms with E-state index in [1.807, 2.05) is 6.92 Å². The Hall–Kier alpha value is -0.820. The quantitative estimate of drug-likeness (QED) is 0.377. The van der Waals surface area contributed by atoms with Crippen molar-refractivity contribution in [3.63, 3.8) is 0 Å². The van der Waals surface area contributed by atoms with E-state index in [0.29, 0.717) is 16.2 Å². The van der Waals surface area contributed by atoms with Gasteiger partial charge in [-0.1, -0.05) is 63.1 Å². The monoisotopic (exact) mass is 438 g/mol. The van der Waals surface area contributed by atoms with Crippen LogP contribution in [0.1, 0.15) is 106 Å². The second-order valence-corrected chi connectivity index (χ2v) is 12.9. The molecule has 0 saturated heterocycles. The van der Waals surface area contributed by atoms with E-state index in [-0.39, 0.29) is 6.61 Å². The lowest BCUT2D eigenvalue weighted by atomic mass is 9.69. The van der Waals surface area contributed by atoms with Gasteiger partial charge in [-0.15, -0.1) is 0 Å². The molecule has 6 aliphatic carbocycles. The van der Waals surface area contributed by atoms with Crippen molar-refractivity contribution in [1.29, 1.82) is 0 Å². The van der Waals surface area contributed by atoms with Gasteiger partial charge in [0.1, 0.15) is 0 Å². The molecule has 6 bridgehead atoms. The van der Waals surface area contributed by atoms with Gasteiger partial charge in [0, 0.05) is 0 Å². The van der Waals surface area contributed by atoms with Gasteiger partial charge >= 0.3 is 0 Å². The lowest BCUT2D eigenvalue weighted by molar-refractivity contribution is 0.154. The zero-order valence-electron chi connectivity index (χ0n) is 22.0. The topological polar surface area (TPSA) is 20.2 Å². The molecule has 180 valence electrons. The molecule has 0 aromatic rings. The number of hydrogen-bond acceptors (Lipinski definition) is 1. The van der Waals surface area contributed by atoms with Gasteiger partial charge in [0.25, 0.3) is 0 Å². The lowest BCUT2D eigenvalue weighted by Crippen LogP contribution is -2.26. The van der Waals surface area contributed by atoms with Crippen LogP contribution < -0.4 is 0 Å². The van der Waals surface area contributed by atoms with Crippen LogP contribution in [0.2, 0.25) is 0 Å². The highest BCUT2D eigenvalue weighted by atomic mass is 16.3. The van der Waals surface area contributed by atoms with E-state index in [9.17, 15) is 0 Å². The summed E-state index contributed by atoms with van der Waals surface area (Å²) in [5.41, 5.74) is 6.01. The summed E-state index contributed by atoms with van der Waals surface area (Å²) < 4.78 is 0. The first-order valence-corrected chi connectivity index (χ1v) is 13.7. The van der Waals surface area contributed by atoms with Crippen LogP contribution in [0.4, 0.5) is 0 Å². The summed E-state index contributed by atoms with van der Waals surface area (Å²) in [6.45, 7) is 18.7. The normalized spacial score (nSPS) is 46.0. The average Bonchev–Trinajstić information content (AvgIpc) is 3.36. The highest BCUT2D eigenvalue weighted by Crippen LogP contribution is 2.87. The maximum Gasteiger partial charge on any atom is 0.0639 e. The summed E-state index contributed by atoms with van der Waals surface area (Å²) in [7, 11) is 0. The fourth-order valence-electron chi connectivity index (χ4n) is 8.92. The SMILES string of the molecule is C/C(=C/CC[C@]1(C)C2CC3[C@H](C2)C31C)CO.C=C1[C@@H]2CC[C@@H](C2)[C@@]1(C)CC/C=C(/C)CC. The van der Waals surface area contributed by atoms with E-state index in [1.165, 1.54) is 63.4 Å². The predicted molar refractivity (Wildman–Crippen MR) is 137 cm³/mol. The third-order valence-corrected chi connectivity index (χ3v) is 11.8. The van der Waals surface area contributed by atoms with E-state index in [2.05, 4.69) is 53.3 Å². The maximum atomic E-state index is 8.99. The maximum absolute atomic E-state index is 8.99. The molecule has 1 nitrogen and oxygen atoms in total. The zero-order chi connectivity index (χ0) is 23.3. The second kappa shape index (κ2) is 8.75. The third kappa shape index (κ3) is 3.70. The molecule has 0 heterocycles. The molecule has 0 radical (unpaired) electrons. The van der Waals surface area contributed by atoms with Gasteiger partial charge < -0.3 is 5.11 Å². The van der Waals surface area contributed by atoms with E-state index in [4.69, 9.17) is 5.11 Å². The number of aliphatic hydroxyl groups excluding tert-OH is 1. The summed E-state index contributed by atoms with van der Waals surface area (Å²) in [4.78, 5) is 0. The highest BCUT2D eigenvalue weighted by Gasteiger charge is 2.80. The van der Waals surface area contributed by atoms with Gasteiger partial charge in [-0.2, -0.15) is 0 Å². The van der Waals surface area contributed by atoms with E-state index in [1.54, 1.807) is 5.57 Å². The Bertz CT molecular complexity index is 774. The van der Waals surface area contributed by atoms with E-state index in [0.717, 1.165) is 41.6 Å². The molecule has 6 fully saturated rings. The number of allylic oxidation sites excluding steroid dienone is 4. The number of rotatable bonds is 8. The van der Waals surface area contributed by atoms with Gasteiger partial charge in [0.2, 0.25) is 0 Å². The average molecular weight is 439 g/mol. The van der Waals surface area contributed by atoms with Gasteiger partial charge in [0.05, 0.1) is 6.61 Å². The fraction of sp³-hybridized carbons (Fsp3) is 0.806. The van der Waals surface area contributed by atoms with Crippen LogP contribution in [0.25, 0.3) is 0 Å². The number of aliphatic hydroxyl groups is 1. The van der Waals surface area contributed by atoms with Crippen LogP contribution in [-0.4, -0.2) is 11.7 Å². The van der Waals surface area contributed by atoms with Gasteiger partial charge in [-0.3, -0.25) is 0 Å². The summed E-state index contributed by atoms with van der Waals surface area (Å²) in [6, 6.07) is 0. The smallest absolute Gasteiger partial charge is 0.0639 e.